The lowest BCUT2D eigenvalue weighted by Crippen LogP contribution is -2.21. The third-order valence-corrected chi connectivity index (χ3v) is 5.39. The smallest absolute Gasteiger partial charge is 0.404 e. The molecule has 12 heteroatoms. The van der Waals surface area contributed by atoms with Crippen LogP contribution in [0.2, 0.25) is 0 Å². The third-order valence-electron chi connectivity index (χ3n) is 2.75. The number of hydrogen-bond donors (Lipinski definition) is 1. The number of halogens is 6. The van der Waals surface area contributed by atoms with Crippen molar-refractivity contribution < 1.29 is 35.1 Å². The summed E-state index contributed by atoms with van der Waals surface area (Å²) in [6.07, 6.45) is -5.08. The highest BCUT2D eigenvalue weighted by Crippen LogP contribution is 2.33. The molecule has 0 bridgehead atoms. The molecule has 0 fully saturated rings. The van der Waals surface area contributed by atoms with Crippen molar-refractivity contribution in [2.24, 2.45) is 0 Å². The molecule has 2 aromatic carbocycles. The number of ether oxygens (including phenoxy) is 1. The lowest BCUT2D eigenvalue weighted by atomic mass is 10.3. The fraction of sp³-hybridized carbons (Fsp3) is 0.143. The van der Waals surface area contributed by atoms with Gasteiger partial charge in [-0.15, -0.1) is 13.2 Å². The van der Waals surface area contributed by atoms with Crippen LogP contribution in [0.3, 0.4) is 0 Å². The number of alkyl halides is 5. The Hall–Kier alpha value is -1.53. The van der Waals surface area contributed by atoms with Crippen LogP contribution in [-0.2, 0) is 10.0 Å². The van der Waals surface area contributed by atoms with E-state index in [1.54, 1.807) is 0 Å². The van der Waals surface area contributed by atoms with Crippen LogP contribution in [0.1, 0.15) is 0 Å². The number of rotatable bonds is 6. The van der Waals surface area contributed by atoms with Gasteiger partial charge in [-0.3, -0.25) is 4.72 Å². The minimum Gasteiger partial charge on any atom is -0.404 e. The summed E-state index contributed by atoms with van der Waals surface area (Å²) >= 11 is 3.21. The van der Waals surface area contributed by atoms with Crippen LogP contribution in [-0.4, -0.2) is 20.5 Å². The van der Waals surface area contributed by atoms with Crippen LogP contribution in [0, 0.1) is 0 Å². The van der Waals surface area contributed by atoms with E-state index in [0.29, 0.717) is 0 Å². The Balaban J connectivity index is 2.30. The molecule has 26 heavy (non-hydrogen) atoms. The quantitative estimate of drug-likeness (QED) is 0.443. The van der Waals surface area contributed by atoms with E-state index in [4.69, 9.17) is 0 Å². The van der Waals surface area contributed by atoms with Gasteiger partial charge in [-0.25, -0.2) is 8.42 Å². The average Bonchev–Trinajstić information content (AvgIpc) is 2.46. The first-order chi connectivity index (χ1) is 12.0. The maximum absolute atomic E-state index is 12.5. The Morgan fingerprint density at radius 3 is 2.23 bits per heavy atom. The predicted molar refractivity (Wildman–Crippen MR) is 89.9 cm³/mol. The van der Waals surface area contributed by atoms with Gasteiger partial charge in [0.15, 0.2) is 5.75 Å². The van der Waals surface area contributed by atoms with E-state index in [1.807, 2.05) is 0 Å². The van der Waals surface area contributed by atoms with Crippen LogP contribution in [0.5, 0.6) is 5.75 Å². The zero-order valence-corrected chi connectivity index (χ0v) is 15.6. The largest absolute Gasteiger partial charge is 0.573 e. The molecule has 0 aliphatic carbocycles. The van der Waals surface area contributed by atoms with Gasteiger partial charge >= 0.3 is 6.36 Å². The second-order valence-corrected chi connectivity index (χ2v) is 8.28. The lowest BCUT2D eigenvalue weighted by molar-refractivity contribution is -0.275. The van der Waals surface area contributed by atoms with Crippen molar-refractivity contribution in [2.75, 3.05) is 4.72 Å². The maximum atomic E-state index is 12.5. The van der Waals surface area contributed by atoms with Crippen molar-refractivity contribution in [1.29, 1.82) is 0 Å². The van der Waals surface area contributed by atoms with E-state index < -0.39 is 32.8 Å². The fourth-order valence-corrected chi connectivity index (χ4v) is 3.83. The molecule has 0 radical (unpaired) electrons. The Morgan fingerprint density at radius 2 is 1.69 bits per heavy atom. The standard InChI is InChI=1S/C14H9BrF5NO3S2/c15-8-1-6-12(11(7-8)24-14(18,19)20)26(22,23)21-9-2-4-10(5-3-9)25-13(16)17/h1-7,13,21H. The topological polar surface area (TPSA) is 55.4 Å². The Labute approximate surface area is 157 Å². The van der Waals surface area contributed by atoms with Crippen molar-refractivity contribution in [1.82, 2.24) is 0 Å². The molecule has 142 valence electrons. The maximum Gasteiger partial charge on any atom is 0.573 e. The summed E-state index contributed by atoms with van der Waals surface area (Å²) in [4.78, 5) is -0.531. The number of nitrogens with one attached hydrogen (secondary N) is 1. The van der Waals surface area contributed by atoms with E-state index in [0.717, 1.165) is 12.1 Å². The van der Waals surface area contributed by atoms with Crippen LogP contribution in [0.25, 0.3) is 0 Å². The molecule has 0 aromatic heterocycles. The predicted octanol–water partition coefficient (Wildman–Crippen LogP) is 5.46. The van der Waals surface area contributed by atoms with Gasteiger partial charge in [0, 0.05) is 15.1 Å². The third kappa shape index (κ3) is 6.02. The SMILES string of the molecule is O=S(=O)(Nc1ccc(SC(F)F)cc1)c1ccc(Br)cc1OC(F)(F)F. The monoisotopic (exact) mass is 477 g/mol. The Kier molecular flexibility index (Phi) is 6.40. The van der Waals surface area contributed by atoms with Crippen LogP contribution in [0.15, 0.2) is 56.7 Å². The first-order valence-corrected chi connectivity index (χ1v) is 9.75. The molecule has 0 amide bonds. The number of sulfonamides is 1. The van der Waals surface area contributed by atoms with Crippen molar-refractivity contribution in [3.8, 4) is 5.75 Å². The van der Waals surface area contributed by atoms with E-state index in [1.165, 1.54) is 30.3 Å². The number of hydrogen-bond acceptors (Lipinski definition) is 4. The molecule has 0 spiro atoms. The van der Waals surface area contributed by atoms with Crippen LogP contribution >= 0.6 is 27.7 Å². The molecule has 0 unspecified atom stereocenters. The summed E-state index contributed by atoms with van der Waals surface area (Å²) in [6, 6.07) is 7.97. The molecule has 0 aliphatic heterocycles. The van der Waals surface area contributed by atoms with E-state index in [9.17, 15) is 30.4 Å². The molecular formula is C14H9BrF5NO3S2. The highest BCUT2D eigenvalue weighted by atomic mass is 79.9. The van der Waals surface area contributed by atoms with Gasteiger partial charge in [0.2, 0.25) is 0 Å². The molecule has 4 nitrogen and oxygen atoms in total. The second-order valence-electron chi connectivity index (χ2n) is 4.65. The normalized spacial score (nSPS) is 12.3. The molecule has 0 aliphatic rings. The van der Waals surface area contributed by atoms with Gasteiger partial charge in [0.1, 0.15) is 4.90 Å². The molecular weight excluding hydrogens is 469 g/mol. The van der Waals surface area contributed by atoms with Crippen molar-refractivity contribution in [3.05, 3.63) is 46.9 Å². The summed E-state index contributed by atoms with van der Waals surface area (Å²) in [5, 5.41) is 0. The summed E-state index contributed by atoms with van der Waals surface area (Å²) in [5.41, 5.74) is -0.00973. The van der Waals surface area contributed by atoms with E-state index >= 15 is 0 Å². The highest BCUT2D eigenvalue weighted by Gasteiger charge is 2.34. The van der Waals surface area contributed by atoms with Crippen molar-refractivity contribution >= 4 is 43.4 Å². The number of benzene rings is 2. The minimum absolute atomic E-state index is 0.00973. The summed E-state index contributed by atoms with van der Waals surface area (Å²) < 4.78 is 92.8. The minimum atomic E-state index is -5.08. The van der Waals surface area contributed by atoms with Gasteiger partial charge < -0.3 is 4.74 Å². The summed E-state index contributed by atoms with van der Waals surface area (Å²) in [5.74, 6) is -3.55. The second kappa shape index (κ2) is 8.01. The molecule has 0 saturated heterocycles. The van der Waals surface area contributed by atoms with Gasteiger partial charge in [-0.2, -0.15) is 8.78 Å². The fourth-order valence-electron chi connectivity index (χ4n) is 1.82. The van der Waals surface area contributed by atoms with Crippen molar-refractivity contribution in [2.45, 2.75) is 21.9 Å². The Morgan fingerprint density at radius 1 is 1.08 bits per heavy atom. The first-order valence-electron chi connectivity index (χ1n) is 6.59. The zero-order valence-electron chi connectivity index (χ0n) is 12.4. The summed E-state index contributed by atoms with van der Waals surface area (Å²) in [7, 11) is -4.42. The molecule has 0 atom stereocenters. The first kappa shape index (κ1) is 20.8. The molecule has 0 saturated carbocycles. The molecule has 0 heterocycles. The van der Waals surface area contributed by atoms with Crippen LogP contribution < -0.4 is 9.46 Å². The molecule has 2 rings (SSSR count). The Bertz CT molecular complexity index is 873. The molecule has 2 aromatic rings. The zero-order chi connectivity index (χ0) is 19.5. The number of anilines is 1. The van der Waals surface area contributed by atoms with Crippen molar-refractivity contribution in [3.63, 3.8) is 0 Å². The highest BCUT2D eigenvalue weighted by molar-refractivity contribution is 9.10. The van der Waals surface area contributed by atoms with Crippen LogP contribution in [0.4, 0.5) is 27.6 Å². The van der Waals surface area contributed by atoms with Gasteiger partial charge in [0.05, 0.1) is 0 Å². The lowest BCUT2D eigenvalue weighted by Gasteiger charge is -2.15. The van der Waals surface area contributed by atoms with Gasteiger partial charge in [-0.05, 0) is 42.5 Å². The summed E-state index contributed by atoms with van der Waals surface area (Å²) in [6.45, 7) is 0. The average molecular weight is 478 g/mol. The number of thioether (sulfide) groups is 1. The molecule has 1 N–H and O–H groups in total. The van der Waals surface area contributed by atoms with E-state index in [-0.39, 0.29) is 26.8 Å². The van der Waals surface area contributed by atoms with E-state index in [2.05, 4.69) is 25.4 Å². The van der Waals surface area contributed by atoms with Gasteiger partial charge in [0.25, 0.3) is 15.8 Å². The van der Waals surface area contributed by atoms with Gasteiger partial charge in [-0.1, -0.05) is 27.7 Å².